The molecular formula is C15H20Cl2N2O2. The van der Waals surface area contributed by atoms with E-state index in [9.17, 15) is 9.59 Å². The summed E-state index contributed by atoms with van der Waals surface area (Å²) in [7, 11) is 0. The van der Waals surface area contributed by atoms with Crippen molar-refractivity contribution >= 4 is 35.0 Å². The average Bonchev–Trinajstić information content (AvgIpc) is 2.38. The highest BCUT2D eigenvalue weighted by molar-refractivity contribution is 6.35. The summed E-state index contributed by atoms with van der Waals surface area (Å²) < 4.78 is 0. The van der Waals surface area contributed by atoms with E-state index < -0.39 is 0 Å². The Labute approximate surface area is 135 Å². The zero-order valence-corrected chi connectivity index (χ0v) is 13.7. The van der Waals surface area contributed by atoms with Crippen LogP contribution < -0.4 is 10.6 Å². The molecule has 0 radical (unpaired) electrons. The van der Waals surface area contributed by atoms with Gasteiger partial charge in [0.25, 0.3) is 0 Å². The highest BCUT2D eigenvalue weighted by Crippen LogP contribution is 2.20. The molecule has 0 unspecified atom stereocenters. The first-order valence-electron chi connectivity index (χ1n) is 6.85. The number of benzene rings is 1. The maximum Gasteiger partial charge on any atom is 0.239 e. The minimum atomic E-state index is -0.211. The summed E-state index contributed by atoms with van der Waals surface area (Å²) in [5.41, 5.74) is 0.921. The molecule has 2 amide bonds. The van der Waals surface area contributed by atoms with Gasteiger partial charge >= 0.3 is 0 Å². The molecule has 0 saturated carbocycles. The fraction of sp³-hybridized carbons (Fsp3) is 0.467. The molecule has 1 rings (SSSR count). The van der Waals surface area contributed by atoms with Crippen LogP contribution in [0.25, 0.3) is 0 Å². The van der Waals surface area contributed by atoms with Crippen molar-refractivity contribution in [2.45, 2.75) is 26.7 Å². The van der Waals surface area contributed by atoms with Crippen LogP contribution in [0.4, 0.5) is 0 Å². The van der Waals surface area contributed by atoms with E-state index in [0.717, 1.165) is 5.56 Å². The minimum absolute atomic E-state index is 0.0000959. The van der Waals surface area contributed by atoms with Crippen molar-refractivity contribution in [3.63, 3.8) is 0 Å². The van der Waals surface area contributed by atoms with Crippen molar-refractivity contribution in [3.8, 4) is 0 Å². The summed E-state index contributed by atoms with van der Waals surface area (Å²) in [4.78, 5) is 23.0. The monoisotopic (exact) mass is 330 g/mol. The number of hydrogen-bond acceptors (Lipinski definition) is 2. The Morgan fingerprint density at radius 1 is 1.14 bits per heavy atom. The predicted molar refractivity (Wildman–Crippen MR) is 85.6 cm³/mol. The van der Waals surface area contributed by atoms with E-state index >= 15 is 0 Å². The molecule has 1 aromatic carbocycles. The van der Waals surface area contributed by atoms with Crippen LogP contribution in [0.3, 0.4) is 0 Å². The molecule has 116 valence electrons. The number of halogens is 2. The zero-order valence-electron chi connectivity index (χ0n) is 12.2. The Kier molecular flexibility index (Phi) is 7.54. The molecule has 0 fully saturated rings. The minimum Gasteiger partial charge on any atom is -0.354 e. The number of carbonyl (C=O) groups excluding carboxylic acids is 2. The molecule has 21 heavy (non-hydrogen) atoms. The van der Waals surface area contributed by atoms with Gasteiger partial charge in [0.05, 0.1) is 6.54 Å². The molecule has 0 aliphatic carbocycles. The third-order valence-electron chi connectivity index (χ3n) is 2.77. The van der Waals surface area contributed by atoms with Crippen molar-refractivity contribution in [2.75, 3.05) is 13.1 Å². The molecule has 0 saturated heterocycles. The number of hydrogen-bond donors (Lipinski definition) is 2. The van der Waals surface area contributed by atoms with Crippen LogP contribution in [0.5, 0.6) is 0 Å². The molecule has 6 heteroatoms. The number of nitrogens with one attached hydrogen (secondary N) is 2. The third kappa shape index (κ3) is 7.34. The van der Waals surface area contributed by atoms with Gasteiger partial charge in [-0.2, -0.15) is 0 Å². The Morgan fingerprint density at radius 3 is 2.48 bits per heavy atom. The van der Waals surface area contributed by atoms with Gasteiger partial charge in [-0.15, -0.1) is 0 Å². The summed E-state index contributed by atoms with van der Waals surface area (Å²) in [6.07, 6.45) is 1.04. The Balaban J connectivity index is 2.26. The number of rotatable bonds is 7. The molecule has 1 aromatic rings. The fourth-order valence-electron chi connectivity index (χ4n) is 1.75. The molecule has 0 aliphatic heterocycles. The van der Waals surface area contributed by atoms with Crippen molar-refractivity contribution in [1.29, 1.82) is 0 Å². The highest BCUT2D eigenvalue weighted by atomic mass is 35.5. The molecule has 0 aromatic heterocycles. The predicted octanol–water partition coefficient (Wildman–Crippen LogP) is 2.81. The smallest absolute Gasteiger partial charge is 0.239 e. The highest BCUT2D eigenvalue weighted by Gasteiger charge is 2.07. The second kappa shape index (κ2) is 8.90. The summed E-state index contributed by atoms with van der Waals surface area (Å²) in [5.74, 6) is -0.0433. The second-order valence-electron chi connectivity index (χ2n) is 5.21. The van der Waals surface area contributed by atoms with Gasteiger partial charge in [0.1, 0.15) is 0 Å². The number of amides is 2. The summed E-state index contributed by atoms with van der Waals surface area (Å²) in [6.45, 7) is 4.37. The molecule has 0 heterocycles. The van der Waals surface area contributed by atoms with Crippen molar-refractivity contribution in [2.24, 2.45) is 5.92 Å². The molecule has 2 N–H and O–H groups in total. The molecular weight excluding hydrogens is 311 g/mol. The Hall–Kier alpha value is -1.26. The maximum absolute atomic E-state index is 11.6. The first-order chi connectivity index (χ1) is 9.88. The summed E-state index contributed by atoms with van der Waals surface area (Å²) >= 11 is 11.9. The van der Waals surface area contributed by atoms with E-state index in [-0.39, 0.29) is 24.3 Å². The molecule has 0 bridgehead atoms. The van der Waals surface area contributed by atoms with E-state index in [0.29, 0.717) is 29.4 Å². The van der Waals surface area contributed by atoms with Crippen molar-refractivity contribution in [1.82, 2.24) is 10.6 Å². The lowest BCUT2D eigenvalue weighted by Gasteiger charge is -2.09. The van der Waals surface area contributed by atoms with Crippen LogP contribution in [-0.2, 0) is 16.0 Å². The van der Waals surface area contributed by atoms with E-state index in [1.54, 1.807) is 12.1 Å². The van der Waals surface area contributed by atoms with Crippen LogP contribution in [-0.4, -0.2) is 24.9 Å². The van der Waals surface area contributed by atoms with Gasteiger partial charge in [-0.25, -0.2) is 0 Å². The summed E-state index contributed by atoms with van der Waals surface area (Å²) in [6, 6.07) is 5.27. The molecule has 0 spiro atoms. The molecule has 0 aliphatic rings. The first kappa shape index (κ1) is 17.8. The van der Waals surface area contributed by atoms with Crippen molar-refractivity contribution < 1.29 is 9.59 Å². The van der Waals surface area contributed by atoms with Gasteiger partial charge in [-0.3, -0.25) is 9.59 Å². The van der Waals surface area contributed by atoms with E-state index in [1.165, 1.54) is 0 Å². The largest absolute Gasteiger partial charge is 0.354 e. The SMILES string of the molecule is CC(C)CC(=O)NCC(=O)NCCc1ccc(Cl)cc1Cl. The van der Waals surface area contributed by atoms with Gasteiger partial charge in [-0.1, -0.05) is 43.1 Å². The molecule has 4 nitrogen and oxygen atoms in total. The first-order valence-corrected chi connectivity index (χ1v) is 7.61. The lowest BCUT2D eigenvalue weighted by atomic mass is 10.1. The van der Waals surface area contributed by atoms with Crippen molar-refractivity contribution in [3.05, 3.63) is 33.8 Å². The zero-order chi connectivity index (χ0) is 15.8. The standard InChI is InChI=1S/C15H20Cl2N2O2/c1-10(2)7-14(20)19-9-15(21)18-6-5-11-3-4-12(16)8-13(11)17/h3-4,8,10H,5-7,9H2,1-2H3,(H,18,21)(H,19,20). The number of carbonyl (C=O) groups is 2. The lowest BCUT2D eigenvalue weighted by molar-refractivity contribution is -0.126. The van der Waals surface area contributed by atoms with Crippen LogP contribution in [0.1, 0.15) is 25.8 Å². The van der Waals surface area contributed by atoms with Gasteiger partial charge < -0.3 is 10.6 Å². The van der Waals surface area contributed by atoms with Crippen LogP contribution in [0.2, 0.25) is 10.0 Å². The van der Waals surface area contributed by atoms with Gasteiger partial charge in [0.15, 0.2) is 0 Å². The molecule has 0 atom stereocenters. The second-order valence-corrected chi connectivity index (χ2v) is 6.05. The fourth-order valence-corrected chi connectivity index (χ4v) is 2.25. The normalized spacial score (nSPS) is 10.5. The van der Waals surface area contributed by atoms with Gasteiger partial charge in [0, 0.05) is 23.0 Å². The van der Waals surface area contributed by atoms with E-state index in [1.807, 2.05) is 19.9 Å². The van der Waals surface area contributed by atoms with E-state index in [4.69, 9.17) is 23.2 Å². The van der Waals surface area contributed by atoms with Crippen LogP contribution in [0.15, 0.2) is 18.2 Å². The maximum atomic E-state index is 11.6. The third-order valence-corrected chi connectivity index (χ3v) is 3.36. The average molecular weight is 331 g/mol. The Morgan fingerprint density at radius 2 is 1.86 bits per heavy atom. The quantitative estimate of drug-likeness (QED) is 0.807. The van der Waals surface area contributed by atoms with Crippen LogP contribution in [0, 0.1) is 5.92 Å². The topological polar surface area (TPSA) is 58.2 Å². The van der Waals surface area contributed by atoms with E-state index in [2.05, 4.69) is 10.6 Å². The lowest BCUT2D eigenvalue weighted by Crippen LogP contribution is -2.38. The van der Waals surface area contributed by atoms with Crippen LogP contribution >= 0.6 is 23.2 Å². The van der Waals surface area contributed by atoms with Gasteiger partial charge in [-0.05, 0) is 30.0 Å². The Bertz CT molecular complexity index is 504. The summed E-state index contributed by atoms with van der Waals surface area (Å²) in [5, 5.41) is 6.49. The van der Waals surface area contributed by atoms with Gasteiger partial charge in [0.2, 0.25) is 11.8 Å².